The van der Waals surface area contributed by atoms with Crippen LogP contribution >= 0.6 is 12.4 Å². The lowest BCUT2D eigenvalue weighted by Gasteiger charge is -2.22. The Labute approximate surface area is 134 Å². The largest absolute Gasteiger partial charge is 0.416 e. The lowest BCUT2D eigenvalue weighted by Crippen LogP contribution is -2.38. The Morgan fingerprint density at radius 2 is 1.95 bits per heavy atom. The molecule has 1 fully saturated rings. The van der Waals surface area contributed by atoms with E-state index in [2.05, 4.69) is 10.6 Å². The Bertz CT molecular complexity index is 471. The summed E-state index contributed by atoms with van der Waals surface area (Å²) >= 11 is 0. The maximum Gasteiger partial charge on any atom is 0.416 e. The van der Waals surface area contributed by atoms with Crippen molar-refractivity contribution in [2.24, 2.45) is 5.92 Å². The lowest BCUT2D eigenvalue weighted by molar-refractivity contribution is -0.137. The van der Waals surface area contributed by atoms with E-state index in [-0.39, 0.29) is 24.7 Å². The van der Waals surface area contributed by atoms with Crippen LogP contribution < -0.4 is 10.6 Å². The minimum Gasteiger partial charge on any atom is -0.355 e. The Morgan fingerprint density at radius 1 is 1.27 bits per heavy atom. The fourth-order valence-electron chi connectivity index (χ4n) is 2.42. The second-order valence-corrected chi connectivity index (χ2v) is 5.39. The van der Waals surface area contributed by atoms with Crippen LogP contribution in [0.1, 0.15) is 24.0 Å². The summed E-state index contributed by atoms with van der Waals surface area (Å²) in [5, 5.41) is 6.12. The Kier molecular flexibility index (Phi) is 7.16. The van der Waals surface area contributed by atoms with Gasteiger partial charge in [-0.15, -0.1) is 12.4 Å². The van der Waals surface area contributed by atoms with E-state index in [9.17, 15) is 18.0 Å². The molecule has 0 spiro atoms. The molecule has 1 aliphatic heterocycles. The molecule has 22 heavy (non-hydrogen) atoms. The molecule has 1 saturated heterocycles. The van der Waals surface area contributed by atoms with Crippen molar-refractivity contribution in [1.82, 2.24) is 10.6 Å². The number of halogens is 4. The highest BCUT2D eigenvalue weighted by Crippen LogP contribution is 2.29. The summed E-state index contributed by atoms with van der Waals surface area (Å²) in [6.45, 7) is 2.54. The number of hydrogen-bond acceptors (Lipinski definition) is 2. The van der Waals surface area contributed by atoms with Gasteiger partial charge in [-0.1, -0.05) is 12.1 Å². The summed E-state index contributed by atoms with van der Waals surface area (Å²) in [5.41, 5.74) is -0.109. The summed E-state index contributed by atoms with van der Waals surface area (Å²) in [5.74, 6) is 0.288. The molecule has 2 rings (SSSR count). The van der Waals surface area contributed by atoms with Crippen molar-refractivity contribution >= 4 is 18.3 Å². The third kappa shape index (κ3) is 5.85. The normalized spacial score (nSPS) is 18.4. The number of nitrogens with one attached hydrogen (secondary N) is 2. The molecule has 0 aliphatic carbocycles. The van der Waals surface area contributed by atoms with Gasteiger partial charge in [0.05, 0.1) is 12.0 Å². The number of carbonyl (C=O) groups is 1. The van der Waals surface area contributed by atoms with Gasteiger partial charge in [0.2, 0.25) is 5.91 Å². The summed E-state index contributed by atoms with van der Waals surface area (Å²) < 4.78 is 37.3. The second-order valence-electron chi connectivity index (χ2n) is 5.39. The van der Waals surface area contributed by atoms with Gasteiger partial charge in [-0.05, 0) is 49.5 Å². The average molecular weight is 337 g/mol. The van der Waals surface area contributed by atoms with E-state index in [1.165, 1.54) is 12.1 Å². The number of rotatable bonds is 4. The van der Waals surface area contributed by atoms with Gasteiger partial charge in [0.15, 0.2) is 0 Å². The highest BCUT2D eigenvalue weighted by Gasteiger charge is 2.29. The van der Waals surface area contributed by atoms with Crippen LogP contribution in [0.3, 0.4) is 0 Å². The molecule has 7 heteroatoms. The van der Waals surface area contributed by atoms with Gasteiger partial charge in [-0.2, -0.15) is 13.2 Å². The van der Waals surface area contributed by atoms with Gasteiger partial charge < -0.3 is 10.6 Å². The molecule has 2 N–H and O–H groups in total. The van der Waals surface area contributed by atoms with E-state index < -0.39 is 11.7 Å². The van der Waals surface area contributed by atoms with Crippen LogP contribution in [0.25, 0.3) is 0 Å². The minimum absolute atomic E-state index is 0. The molecule has 0 radical (unpaired) electrons. The van der Waals surface area contributed by atoms with E-state index in [0.29, 0.717) is 18.0 Å². The fraction of sp³-hybridized carbons (Fsp3) is 0.533. The lowest BCUT2D eigenvalue weighted by atomic mass is 9.99. The number of piperidine rings is 1. The summed E-state index contributed by atoms with van der Waals surface area (Å²) in [6.07, 6.45) is -2.03. The molecule has 0 aromatic heterocycles. The standard InChI is InChI=1S/C15H19F3N2O.ClH/c16-15(17,18)13-5-3-11(4-6-13)8-14(21)20-10-12-2-1-7-19-9-12;/h3-6,12,19H,1-2,7-10H2,(H,20,21);1H. The summed E-state index contributed by atoms with van der Waals surface area (Å²) in [7, 11) is 0. The van der Waals surface area contributed by atoms with Crippen LogP contribution in [0.15, 0.2) is 24.3 Å². The second kappa shape index (κ2) is 8.39. The van der Waals surface area contributed by atoms with Gasteiger partial charge in [0.25, 0.3) is 0 Å². The van der Waals surface area contributed by atoms with Crippen molar-refractivity contribution in [2.45, 2.75) is 25.4 Å². The molecule has 1 heterocycles. The van der Waals surface area contributed by atoms with Crippen molar-refractivity contribution in [3.8, 4) is 0 Å². The molecular formula is C15H20ClF3N2O. The molecule has 1 unspecified atom stereocenters. The zero-order valence-electron chi connectivity index (χ0n) is 12.1. The van der Waals surface area contributed by atoms with Crippen molar-refractivity contribution in [3.05, 3.63) is 35.4 Å². The monoisotopic (exact) mass is 336 g/mol. The number of hydrogen-bond donors (Lipinski definition) is 2. The van der Waals surface area contributed by atoms with E-state index in [1.807, 2.05) is 0 Å². The van der Waals surface area contributed by atoms with Gasteiger partial charge in [-0.3, -0.25) is 4.79 Å². The SMILES string of the molecule is Cl.O=C(Cc1ccc(C(F)(F)F)cc1)NCC1CCCNC1. The smallest absolute Gasteiger partial charge is 0.355 e. The van der Waals surface area contributed by atoms with Gasteiger partial charge in [0.1, 0.15) is 0 Å². The van der Waals surface area contributed by atoms with Gasteiger partial charge >= 0.3 is 6.18 Å². The van der Waals surface area contributed by atoms with Gasteiger partial charge in [0, 0.05) is 6.54 Å². The average Bonchev–Trinajstić information content (AvgIpc) is 2.46. The van der Waals surface area contributed by atoms with E-state index in [0.717, 1.165) is 38.1 Å². The van der Waals surface area contributed by atoms with Crippen molar-refractivity contribution in [2.75, 3.05) is 19.6 Å². The summed E-state index contributed by atoms with van der Waals surface area (Å²) in [4.78, 5) is 11.8. The first kappa shape index (κ1) is 18.8. The first-order valence-electron chi connectivity index (χ1n) is 7.08. The molecule has 1 aliphatic rings. The topological polar surface area (TPSA) is 41.1 Å². The van der Waals surface area contributed by atoms with Crippen LogP contribution in [0.2, 0.25) is 0 Å². The molecule has 124 valence electrons. The molecule has 3 nitrogen and oxygen atoms in total. The third-order valence-corrected chi connectivity index (χ3v) is 3.63. The van der Waals surface area contributed by atoms with Crippen molar-refractivity contribution in [1.29, 1.82) is 0 Å². The molecule has 0 bridgehead atoms. The van der Waals surface area contributed by atoms with Crippen molar-refractivity contribution in [3.63, 3.8) is 0 Å². The molecule has 0 saturated carbocycles. The molecular weight excluding hydrogens is 317 g/mol. The Hall–Kier alpha value is -1.27. The van der Waals surface area contributed by atoms with Crippen LogP contribution in [-0.2, 0) is 17.4 Å². The Balaban J connectivity index is 0.00000242. The predicted molar refractivity (Wildman–Crippen MR) is 81.0 cm³/mol. The number of carbonyl (C=O) groups excluding carboxylic acids is 1. The quantitative estimate of drug-likeness (QED) is 0.887. The zero-order valence-corrected chi connectivity index (χ0v) is 12.9. The molecule has 1 aromatic carbocycles. The zero-order chi connectivity index (χ0) is 15.3. The van der Waals surface area contributed by atoms with Crippen LogP contribution in [0.5, 0.6) is 0 Å². The minimum atomic E-state index is -4.34. The molecule has 1 aromatic rings. The molecule has 1 amide bonds. The third-order valence-electron chi connectivity index (χ3n) is 3.63. The summed E-state index contributed by atoms with van der Waals surface area (Å²) in [6, 6.07) is 4.72. The maximum absolute atomic E-state index is 12.4. The highest BCUT2D eigenvalue weighted by atomic mass is 35.5. The first-order chi connectivity index (χ1) is 9.95. The number of amides is 1. The van der Waals surface area contributed by atoms with Crippen LogP contribution in [-0.4, -0.2) is 25.5 Å². The van der Waals surface area contributed by atoms with E-state index in [1.54, 1.807) is 0 Å². The number of alkyl halides is 3. The van der Waals surface area contributed by atoms with Crippen LogP contribution in [0.4, 0.5) is 13.2 Å². The first-order valence-corrected chi connectivity index (χ1v) is 7.08. The Morgan fingerprint density at radius 3 is 2.50 bits per heavy atom. The predicted octanol–water partition coefficient (Wildman–Crippen LogP) is 2.79. The maximum atomic E-state index is 12.4. The van der Waals surface area contributed by atoms with E-state index >= 15 is 0 Å². The fourth-order valence-corrected chi connectivity index (χ4v) is 2.42. The highest BCUT2D eigenvalue weighted by molar-refractivity contribution is 5.85. The molecule has 1 atom stereocenters. The van der Waals surface area contributed by atoms with Gasteiger partial charge in [-0.25, -0.2) is 0 Å². The van der Waals surface area contributed by atoms with Crippen molar-refractivity contribution < 1.29 is 18.0 Å². The number of benzene rings is 1. The van der Waals surface area contributed by atoms with E-state index in [4.69, 9.17) is 0 Å². The van der Waals surface area contributed by atoms with Crippen LogP contribution in [0, 0.1) is 5.92 Å².